The summed E-state index contributed by atoms with van der Waals surface area (Å²) in [5.41, 5.74) is 2.91. The van der Waals surface area contributed by atoms with Crippen LogP contribution in [0.25, 0.3) is 0 Å². The number of nitrogens with one attached hydrogen (secondary N) is 1. The van der Waals surface area contributed by atoms with Gasteiger partial charge >= 0.3 is 6.03 Å². The molecule has 1 aliphatic heterocycles. The summed E-state index contributed by atoms with van der Waals surface area (Å²) in [6, 6.07) is 17.6. The number of rotatable bonds is 8. The molecule has 160 valence electrons. The normalized spacial score (nSPS) is 15.5. The molecule has 0 aliphatic carbocycles. The molecule has 0 radical (unpaired) electrons. The van der Waals surface area contributed by atoms with E-state index in [4.69, 9.17) is 4.74 Å². The van der Waals surface area contributed by atoms with E-state index >= 15 is 0 Å². The molecule has 4 rings (SSSR count). The van der Waals surface area contributed by atoms with Gasteiger partial charge in [-0.3, -0.25) is 4.98 Å². The number of carbonyl (C=O) groups excluding carboxylic acids is 1. The van der Waals surface area contributed by atoms with Crippen molar-refractivity contribution < 1.29 is 9.53 Å². The summed E-state index contributed by atoms with van der Waals surface area (Å²) < 4.78 is 5.77. The number of hydrogen-bond acceptors (Lipinski definition) is 5. The van der Waals surface area contributed by atoms with E-state index < -0.39 is 0 Å². The van der Waals surface area contributed by atoms with E-state index in [1.54, 1.807) is 30.4 Å². The van der Waals surface area contributed by atoms with Crippen LogP contribution in [-0.4, -0.2) is 40.2 Å². The number of aromatic nitrogens is 2. The molecule has 1 fully saturated rings. The number of benzene rings is 1. The SMILES string of the molecule is O=C(Nc1cccc(CSc2ccccn2)c1)N(Cc1cccnc1)CC1CCCO1. The van der Waals surface area contributed by atoms with Crippen LogP contribution in [0.3, 0.4) is 0 Å². The summed E-state index contributed by atoms with van der Waals surface area (Å²) in [7, 11) is 0. The lowest BCUT2D eigenvalue weighted by Gasteiger charge is -2.26. The molecule has 1 atom stereocenters. The highest BCUT2D eigenvalue weighted by Gasteiger charge is 2.23. The fourth-order valence-electron chi connectivity index (χ4n) is 3.50. The van der Waals surface area contributed by atoms with E-state index in [-0.39, 0.29) is 12.1 Å². The van der Waals surface area contributed by atoms with Crippen LogP contribution in [0.15, 0.2) is 78.2 Å². The summed E-state index contributed by atoms with van der Waals surface area (Å²) in [4.78, 5) is 23.4. The Labute approximate surface area is 187 Å². The van der Waals surface area contributed by atoms with Crippen LogP contribution in [0.2, 0.25) is 0 Å². The zero-order chi connectivity index (χ0) is 21.3. The maximum atomic E-state index is 13.1. The van der Waals surface area contributed by atoms with Crippen LogP contribution in [0.5, 0.6) is 0 Å². The first kappa shape index (κ1) is 21.3. The van der Waals surface area contributed by atoms with Gasteiger partial charge in [0.2, 0.25) is 0 Å². The molecule has 0 spiro atoms. The second-order valence-corrected chi connectivity index (χ2v) is 8.46. The highest BCUT2D eigenvalue weighted by molar-refractivity contribution is 7.98. The number of amides is 2. The van der Waals surface area contributed by atoms with Crippen molar-refractivity contribution in [1.29, 1.82) is 0 Å². The number of anilines is 1. The number of nitrogens with zero attached hydrogens (tertiary/aromatic N) is 3. The number of ether oxygens (including phenoxy) is 1. The van der Waals surface area contributed by atoms with Crippen molar-refractivity contribution >= 4 is 23.5 Å². The second-order valence-electron chi connectivity index (χ2n) is 7.46. The topological polar surface area (TPSA) is 67.4 Å². The third kappa shape index (κ3) is 6.54. The van der Waals surface area contributed by atoms with Gasteiger partial charge in [-0.1, -0.05) is 24.3 Å². The number of thioether (sulfide) groups is 1. The van der Waals surface area contributed by atoms with Crippen LogP contribution >= 0.6 is 11.8 Å². The summed E-state index contributed by atoms with van der Waals surface area (Å²) >= 11 is 1.67. The average molecular weight is 435 g/mol. The number of urea groups is 1. The van der Waals surface area contributed by atoms with Gasteiger partial charge in [0.15, 0.2) is 0 Å². The monoisotopic (exact) mass is 434 g/mol. The molecule has 1 saturated heterocycles. The molecule has 1 N–H and O–H groups in total. The average Bonchev–Trinajstić information content (AvgIpc) is 3.32. The third-order valence-electron chi connectivity index (χ3n) is 5.03. The fraction of sp³-hybridized carbons (Fsp3) is 0.292. The van der Waals surface area contributed by atoms with Gasteiger partial charge in [-0.25, -0.2) is 9.78 Å². The molecule has 0 saturated carbocycles. The lowest BCUT2D eigenvalue weighted by atomic mass is 10.2. The van der Waals surface area contributed by atoms with Crippen LogP contribution in [0, 0.1) is 0 Å². The highest BCUT2D eigenvalue weighted by Crippen LogP contribution is 2.22. The van der Waals surface area contributed by atoms with E-state index in [0.29, 0.717) is 13.1 Å². The fourth-order valence-corrected chi connectivity index (χ4v) is 4.30. The molecule has 6 nitrogen and oxygen atoms in total. The molecule has 0 bridgehead atoms. The molecule has 3 aromatic rings. The summed E-state index contributed by atoms with van der Waals surface area (Å²) in [6.07, 6.45) is 7.45. The molecular formula is C24H26N4O2S. The molecule has 3 heterocycles. The number of carbonyl (C=O) groups is 1. The highest BCUT2D eigenvalue weighted by atomic mass is 32.2. The van der Waals surface area contributed by atoms with Crippen molar-refractivity contribution in [1.82, 2.24) is 14.9 Å². The van der Waals surface area contributed by atoms with E-state index in [0.717, 1.165) is 47.0 Å². The second kappa shape index (κ2) is 10.9. The lowest BCUT2D eigenvalue weighted by Crippen LogP contribution is -2.39. The van der Waals surface area contributed by atoms with Gasteiger partial charge in [-0.2, -0.15) is 0 Å². The van der Waals surface area contributed by atoms with Crippen LogP contribution < -0.4 is 5.32 Å². The van der Waals surface area contributed by atoms with Gasteiger partial charge in [0.05, 0.1) is 11.1 Å². The summed E-state index contributed by atoms with van der Waals surface area (Å²) in [6.45, 7) is 1.83. The Morgan fingerprint density at radius 2 is 2.06 bits per heavy atom. The van der Waals surface area contributed by atoms with Crippen molar-refractivity contribution in [3.05, 3.63) is 84.3 Å². The van der Waals surface area contributed by atoms with E-state index in [1.807, 2.05) is 53.4 Å². The quantitative estimate of drug-likeness (QED) is 0.506. The standard InChI is InChI=1S/C24H26N4O2S/c29-24(28(17-22-9-5-13-30-22)16-20-7-4-11-25-15-20)27-21-8-3-6-19(14-21)18-31-23-10-1-2-12-26-23/h1-4,6-8,10-12,14-15,22H,5,9,13,16-18H2,(H,27,29). The zero-order valence-corrected chi connectivity index (χ0v) is 18.1. The Bertz CT molecular complexity index is 966. The van der Waals surface area contributed by atoms with E-state index in [2.05, 4.69) is 21.4 Å². The van der Waals surface area contributed by atoms with Gasteiger partial charge in [0.25, 0.3) is 0 Å². The molecule has 1 aliphatic rings. The van der Waals surface area contributed by atoms with Gasteiger partial charge in [-0.05, 0) is 54.3 Å². The van der Waals surface area contributed by atoms with Gasteiger partial charge in [0.1, 0.15) is 0 Å². The number of pyridine rings is 2. The van der Waals surface area contributed by atoms with Crippen LogP contribution in [-0.2, 0) is 17.0 Å². The molecule has 7 heteroatoms. The largest absolute Gasteiger partial charge is 0.376 e. The minimum absolute atomic E-state index is 0.0866. The predicted molar refractivity (Wildman–Crippen MR) is 123 cm³/mol. The molecule has 1 aromatic carbocycles. The molecule has 2 aromatic heterocycles. The summed E-state index contributed by atoms with van der Waals surface area (Å²) in [5.74, 6) is 0.788. The Hall–Kier alpha value is -2.90. The Kier molecular flexibility index (Phi) is 7.52. The Morgan fingerprint density at radius 3 is 2.84 bits per heavy atom. The first-order chi connectivity index (χ1) is 15.3. The zero-order valence-electron chi connectivity index (χ0n) is 17.3. The van der Waals surface area contributed by atoms with Crippen molar-refractivity contribution in [3.63, 3.8) is 0 Å². The lowest BCUT2D eigenvalue weighted by molar-refractivity contribution is 0.0819. The van der Waals surface area contributed by atoms with Gasteiger partial charge in [0, 0.05) is 49.7 Å². The minimum atomic E-state index is -0.131. The first-order valence-electron chi connectivity index (χ1n) is 10.5. The van der Waals surface area contributed by atoms with Crippen molar-refractivity contribution in [2.75, 3.05) is 18.5 Å². The van der Waals surface area contributed by atoms with Crippen molar-refractivity contribution in [2.24, 2.45) is 0 Å². The Morgan fingerprint density at radius 1 is 1.13 bits per heavy atom. The van der Waals surface area contributed by atoms with E-state index in [9.17, 15) is 4.79 Å². The third-order valence-corrected chi connectivity index (χ3v) is 6.05. The maximum absolute atomic E-state index is 13.1. The van der Waals surface area contributed by atoms with E-state index in [1.165, 1.54) is 0 Å². The van der Waals surface area contributed by atoms with Crippen LogP contribution in [0.4, 0.5) is 10.5 Å². The van der Waals surface area contributed by atoms with Crippen molar-refractivity contribution in [3.8, 4) is 0 Å². The van der Waals surface area contributed by atoms with Gasteiger partial charge in [-0.15, -0.1) is 11.8 Å². The maximum Gasteiger partial charge on any atom is 0.322 e. The predicted octanol–water partition coefficient (Wildman–Crippen LogP) is 4.98. The molecular weight excluding hydrogens is 408 g/mol. The minimum Gasteiger partial charge on any atom is -0.376 e. The first-order valence-corrected chi connectivity index (χ1v) is 11.4. The Balaban J connectivity index is 1.40. The summed E-state index contributed by atoms with van der Waals surface area (Å²) in [5, 5.41) is 4.04. The molecule has 31 heavy (non-hydrogen) atoms. The van der Waals surface area contributed by atoms with Crippen molar-refractivity contribution in [2.45, 2.75) is 36.3 Å². The smallest absolute Gasteiger partial charge is 0.322 e. The number of hydrogen-bond donors (Lipinski definition) is 1. The van der Waals surface area contributed by atoms with Gasteiger partial charge < -0.3 is 15.0 Å². The molecule has 1 unspecified atom stereocenters. The van der Waals surface area contributed by atoms with Crippen LogP contribution in [0.1, 0.15) is 24.0 Å². The molecule has 2 amide bonds.